The number of hydrogen-bond acceptors (Lipinski definition) is 4. The molecule has 2 aliphatic heterocycles. The van der Waals surface area contributed by atoms with E-state index < -0.39 is 0 Å². The van der Waals surface area contributed by atoms with Gasteiger partial charge in [-0.2, -0.15) is 0 Å². The lowest BCUT2D eigenvalue weighted by atomic mass is 10.1. The van der Waals surface area contributed by atoms with Crippen molar-refractivity contribution in [1.29, 1.82) is 0 Å². The highest BCUT2D eigenvalue weighted by molar-refractivity contribution is 5.76. The van der Waals surface area contributed by atoms with Gasteiger partial charge in [0, 0.05) is 45.5 Å². The van der Waals surface area contributed by atoms with Gasteiger partial charge in [-0.05, 0) is 32.7 Å². The fourth-order valence-electron chi connectivity index (χ4n) is 3.91. The van der Waals surface area contributed by atoms with Gasteiger partial charge in [0.05, 0.1) is 18.2 Å². The van der Waals surface area contributed by atoms with E-state index in [-0.39, 0.29) is 18.1 Å². The molecule has 0 unspecified atom stereocenters. The number of likely N-dealkylation sites (N-methyl/N-ethyl adjacent to an activating group) is 1. The lowest BCUT2D eigenvalue weighted by Crippen LogP contribution is -2.51. The highest BCUT2D eigenvalue weighted by Gasteiger charge is 2.32. The van der Waals surface area contributed by atoms with Gasteiger partial charge in [-0.25, -0.2) is 4.98 Å². The van der Waals surface area contributed by atoms with Gasteiger partial charge in [0.2, 0.25) is 5.91 Å². The standard InChI is InChI=1S/C18H30N4O2/c1-4-21-11-12-22(13-16(21)18-19-9-10-20(18)3)17(23)8-7-15-6-5-14(2)24-15/h9-10,14-16H,4-8,11-13H2,1-3H3/t14-,15-,16-/m0/s1. The average molecular weight is 334 g/mol. The second-order valence-electron chi connectivity index (χ2n) is 7.07. The molecule has 134 valence electrons. The lowest BCUT2D eigenvalue weighted by molar-refractivity contribution is -0.135. The van der Waals surface area contributed by atoms with Gasteiger partial charge < -0.3 is 14.2 Å². The first-order valence-electron chi connectivity index (χ1n) is 9.23. The van der Waals surface area contributed by atoms with E-state index >= 15 is 0 Å². The molecule has 0 aromatic carbocycles. The number of piperazine rings is 1. The summed E-state index contributed by atoms with van der Waals surface area (Å²) in [6.07, 6.45) is 8.09. The molecule has 3 heterocycles. The first kappa shape index (κ1) is 17.4. The molecule has 3 rings (SSSR count). The molecule has 6 nitrogen and oxygen atoms in total. The summed E-state index contributed by atoms with van der Waals surface area (Å²) in [5.74, 6) is 1.30. The van der Waals surface area contributed by atoms with Crippen molar-refractivity contribution in [3.8, 4) is 0 Å². The van der Waals surface area contributed by atoms with E-state index in [9.17, 15) is 4.79 Å². The molecular formula is C18H30N4O2. The van der Waals surface area contributed by atoms with Crippen LogP contribution in [0.1, 0.15) is 51.4 Å². The zero-order valence-corrected chi connectivity index (χ0v) is 15.1. The van der Waals surface area contributed by atoms with E-state index in [0.717, 1.165) is 51.3 Å². The third-order valence-electron chi connectivity index (χ3n) is 5.41. The first-order chi connectivity index (χ1) is 11.6. The Bertz CT molecular complexity index is 559. The smallest absolute Gasteiger partial charge is 0.222 e. The van der Waals surface area contributed by atoms with E-state index in [2.05, 4.69) is 28.3 Å². The molecule has 2 aliphatic rings. The van der Waals surface area contributed by atoms with Crippen LogP contribution in [0.5, 0.6) is 0 Å². The Kier molecular flexibility index (Phi) is 5.56. The summed E-state index contributed by atoms with van der Waals surface area (Å²) in [4.78, 5) is 21.6. The molecule has 0 aliphatic carbocycles. The van der Waals surface area contributed by atoms with Crippen LogP contribution in [0.2, 0.25) is 0 Å². The number of carbonyl (C=O) groups is 1. The minimum atomic E-state index is 0.190. The third kappa shape index (κ3) is 3.81. The molecule has 2 fully saturated rings. The second kappa shape index (κ2) is 7.66. The van der Waals surface area contributed by atoms with Crippen LogP contribution in [0.4, 0.5) is 0 Å². The highest BCUT2D eigenvalue weighted by atomic mass is 16.5. The van der Waals surface area contributed by atoms with Crippen LogP contribution in [0.25, 0.3) is 0 Å². The summed E-state index contributed by atoms with van der Waals surface area (Å²) in [7, 11) is 2.02. The van der Waals surface area contributed by atoms with Crippen molar-refractivity contribution in [1.82, 2.24) is 19.4 Å². The number of aryl methyl sites for hydroxylation is 1. The molecule has 24 heavy (non-hydrogen) atoms. The first-order valence-corrected chi connectivity index (χ1v) is 9.23. The number of ether oxygens (including phenoxy) is 1. The van der Waals surface area contributed by atoms with E-state index in [0.29, 0.717) is 12.5 Å². The van der Waals surface area contributed by atoms with Crippen molar-refractivity contribution >= 4 is 5.91 Å². The molecule has 1 aromatic heterocycles. The van der Waals surface area contributed by atoms with Gasteiger partial charge in [-0.1, -0.05) is 6.92 Å². The van der Waals surface area contributed by atoms with Crippen molar-refractivity contribution in [3.05, 3.63) is 18.2 Å². The Morgan fingerprint density at radius 1 is 1.38 bits per heavy atom. The largest absolute Gasteiger partial charge is 0.375 e. The van der Waals surface area contributed by atoms with Gasteiger partial charge in [-0.3, -0.25) is 9.69 Å². The normalized spacial score (nSPS) is 28.5. The van der Waals surface area contributed by atoms with Gasteiger partial charge in [0.25, 0.3) is 0 Å². The van der Waals surface area contributed by atoms with Crippen LogP contribution >= 0.6 is 0 Å². The number of amides is 1. The SMILES string of the molecule is CCN1CCN(C(=O)CC[C@@H]2CC[C@H](C)O2)C[C@H]1c1nccn1C. The maximum absolute atomic E-state index is 12.7. The van der Waals surface area contributed by atoms with Crippen molar-refractivity contribution in [2.24, 2.45) is 7.05 Å². The minimum Gasteiger partial charge on any atom is -0.375 e. The van der Waals surface area contributed by atoms with Crippen LogP contribution in [0.3, 0.4) is 0 Å². The van der Waals surface area contributed by atoms with Gasteiger partial charge in [-0.15, -0.1) is 0 Å². The van der Waals surface area contributed by atoms with Crippen molar-refractivity contribution < 1.29 is 9.53 Å². The van der Waals surface area contributed by atoms with E-state index in [1.54, 1.807) is 0 Å². The van der Waals surface area contributed by atoms with Crippen LogP contribution < -0.4 is 0 Å². The number of carbonyl (C=O) groups excluding carboxylic acids is 1. The monoisotopic (exact) mass is 334 g/mol. The molecule has 0 N–H and O–H groups in total. The molecular weight excluding hydrogens is 304 g/mol. The van der Waals surface area contributed by atoms with Crippen molar-refractivity contribution in [2.45, 2.75) is 57.8 Å². The maximum atomic E-state index is 12.7. The summed E-state index contributed by atoms with van der Waals surface area (Å²) >= 11 is 0. The molecule has 0 saturated carbocycles. The molecule has 1 amide bonds. The van der Waals surface area contributed by atoms with Crippen LogP contribution in [-0.4, -0.2) is 63.6 Å². The van der Waals surface area contributed by atoms with Crippen LogP contribution in [-0.2, 0) is 16.6 Å². The topological polar surface area (TPSA) is 50.6 Å². The molecule has 0 radical (unpaired) electrons. The molecule has 2 saturated heterocycles. The average Bonchev–Trinajstić information content (AvgIpc) is 3.20. The molecule has 0 bridgehead atoms. The zero-order chi connectivity index (χ0) is 17.1. The number of imidazole rings is 1. The fourth-order valence-corrected chi connectivity index (χ4v) is 3.91. The highest BCUT2D eigenvalue weighted by Crippen LogP contribution is 2.26. The van der Waals surface area contributed by atoms with E-state index in [1.165, 1.54) is 0 Å². The summed E-state index contributed by atoms with van der Waals surface area (Å²) in [6.45, 7) is 7.73. The van der Waals surface area contributed by atoms with Gasteiger partial charge in [0.1, 0.15) is 5.82 Å². The van der Waals surface area contributed by atoms with E-state index in [4.69, 9.17) is 4.74 Å². The molecule has 0 spiro atoms. The predicted molar refractivity (Wildman–Crippen MR) is 92.6 cm³/mol. The maximum Gasteiger partial charge on any atom is 0.222 e. The summed E-state index contributed by atoms with van der Waals surface area (Å²) in [6, 6.07) is 0.190. The number of aromatic nitrogens is 2. The predicted octanol–water partition coefficient (Wildman–Crippen LogP) is 1.97. The second-order valence-corrected chi connectivity index (χ2v) is 7.07. The number of nitrogens with zero attached hydrogens (tertiary/aromatic N) is 4. The number of hydrogen-bond donors (Lipinski definition) is 0. The third-order valence-corrected chi connectivity index (χ3v) is 5.41. The quantitative estimate of drug-likeness (QED) is 0.826. The van der Waals surface area contributed by atoms with Crippen molar-refractivity contribution in [3.63, 3.8) is 0 Å². The zero-order valence-electron chi connectivity index (χ0n) is 15.1. The number of rotatable bonds is 5. The van der Waals surface area contributed by atoms with Gasteiger partial charge >= 0.3 is 0 Å². The summed E-state index contributed by atoms with van der Waals surface area (Å²) < 4.78 is 7.90. The molecule has 1 aromatic rings. The van der Waals surface area contributed by atoms with Crippen LogP contribution in [0, 0.1) is 0 Å². The Morgan fingerprint density at radius 2 is 2.21 bits per heavy atom. The Hall–Kier alpha value is -1.40. The van der Waals surface area contributed by atoms with Crippen molar-refractivity contribution in [2.75, 3.05) is 26.2 Å². The minimum absolute atomic E-state index is 0.190. The fraction of sp³-hybridized carbons (Fsp3) is 0.778. The van der Waals surface area contributed by atoms with E-state index in [1.807, 2.05) is 24.3 Å². The van der Waals surface area contributed by atoms with Gasteiger partial charge in [0.15, 0.2) is 0 Å². The Balaban J connectivity index is 1.58. The Labute approximate surface area is 144 Å². The summed E-state index contributed by atoms with van der Waals surface area (Å²) in [5, 5.41) is 0. The van der Waals surface area contributed by atoms with Crippen LogP contribution in [0.15, 0.2) is 12.4 Å². The summed E-state index contributed by atoms with van der Waals surface area (Å²) in [5.41, 5.74) is 0. The lowest BCUT2D eigenvalue weighted by Gasteiger charge is -2.40. The Morgan fingerprint density at radius 3 is 2.83 bits per heavy atom. The molecule has 3 atom stereocenters. The molecule has 6 heteroatoms.